The van der Waals surface area contributed by atoms with Crippen molar-refractivity contribution in [2.24, 2.45) is 0 Å². The van der Waals surface area contributed by atoms with Crippen molar-refractivity contribution in [1.29, 1.82) is 0 Å². The predicted octanol–water partition coefficient (Wildman–Crippen LogP) is 21.8. The number of carbonyl (C=O) groups excluding carboxylic acids is 3. The lowest BCUT2D eigenvalue weighted by molar-refractivity contribution is -0.167. The van der Waals surface area contributed by atoms with Crippen molar-refractivity contribution in [3.05, 3.63) is 109 Å². The monoisotopic (exact) mass is 1050 g/mol. The van der Waals surface area contributed by atoms with Gasteiger partial charge >= 0.3 is 17.9 Å². The number of allylic oxidation sites excluding steroid dienone is 18. The molecule has 0 aliphatic carbocycles. The van der Waals surface area contributed by atoms with Gasteiger partial charge in [-0.3, -0.25) is 14.4 Å². The Balaban J connectivity index is 4.07. The third-order valence-corrected chi connectivity index (χ3v) is 13.5. The van der Waals surface area contributed by atoms with Crippen molar-refractivity contribution < 1.29 is 28.6 Å². The third-order valence-electron chi connectivity index (χ3n) is 13.5. The highest BCUT2D eigenvalue weighted by Crippen LogP contribution is 2.16. The fraction of sp³-hybridized carbons (Fsp3) is 0.700. The van der Waals surface area contributed by atoms with Crippen LogP contribution in [0.5, 0.6) is 0 Å². The molecule has 434 valence electrons. The molecule has 0 saturated heterocycles. The molecule has 1 atom stereocenters. The lowest BCUT2D eigenvalue weighted by Gasteiger charge is -2.18. The van der Waals surface area contributed by atoms with Gasteiger partial charge in [-0.1, -0.05) is 284 Å². The Labute approximate surface area is 470 Å². The van der Waals surface area contributed by atoms with Crippen molar-refractivity contribution >= 4 is 17.9 Å². The molecular formula is C70H118O6. The molecule has 0 fully saturated rings. The summed E-state index contributed by atoms with van der Waals surface area (Å²) in [6.07, 6.45) is 87.0. The van der Waals surface area contributed by atoms with Crippen LogP contribution < -0.4 is 0 Å². The van der Waals surface area contributed by atoms with E-state index in [1.54, 1.807) is 0 Å². The van der Waals surface area contributed by atoms with Crippen LogP contribution in [0.3, 0.4) is 0 Å². The molecule has 0 saturated carbocycles. The number of carbonyl (C=O) groups is 3. The molecule has 0 aromatic heterocycles. The highest BCUT2D eigenvalue weighted by atomic mass is 16.6. The topological polar surface area (TPSA) is 78.9 Å². The number of esters is 3. The summed E-state index contributed by atoms with van der Waals surface area (Å²) in [6, 6.07) is 0. The average molecular weight is 1060 g/mol. The van der Waals surface area contributed by atoms with Crippen LogP contribution in [0.4, 0.5) is 0 Å². The van der Waals surface area contributed by atoms with E-state index in [2.05, 4.69) is 130 Å². The van der Waals surface area contributed by atoms with Gasteiger partial charge in [-0.15, -0.1) is 0 Å². The maximum Gasteiger partial charge on any atom is 0.306 e. The molecule has 0 amide bonds. The van der Waals surface area contributed by atoms with Crippen molar-refractivity contribution in [2.75, 3.05) is 13.2 Å². The molecule has 6 heteroatoms. The van der Waals surface area contributed by atoms with E-state index in [0.717, 1.165) is 122 Å². The third kappa shape index (κ3) is 60.9. The van der Waals surface area contributed by atoms with Gasteiger partial charge in [0.1, 0.15) is 13.2 Å². The SMILES string of the molecule is CC/C=C\C/C=C\C/C=C\C/C=C\C/C=C\C/C=C\CCCCCCCCCCCCCCCCCCC(=O)OCC(COC(=O)CCCCCCCCCCCC)OC(=O)CCCCC/C=C\C/C=C\C/C=C\CC. The van der Waals surface area contributed by atoms with E-state index >= 15 is 0 Å². The summed E-state index contributed by atoms with van der Waals surface area (Å²) >= 11 is 0. The minimum atomic E-state index is -0.790. The maximum atomic E-state index is 12.8. The highest BCUT2D eigenvalue weighted by molar-refractivity contribution is 5.71. The van der Waals surface area contributed by atoms with Gasteiger partial charge in [-0.25, -0.2) is 0 Å². The number of rotatable bonds is 57. The Morgan fingerprint density at radius 2 is 0.513 bits per heavy atom. The predicted molar refractivity (Wildman–Crippen MR) is 330 cm³/mol. The summed E-state index contributed by atoms with van der Waals surface area (Å²) in [5.41, 5.74) is 0. The summed E-state index contributed by atoms with van der Waals surface area (Å²) in [7, 11) is 0. The smallest absolute Gasteiger partial charge is 0.306 e. The first kappa shape index (κ1) is 72.1. The molecular weight excluding hydrogens is 937 g/mol. The Morgan fingerprint density at radius 1 is 0.276 bits per heavy atom. The minimum Gasteiger partial charge on any atom is -0.462 e. The fourth-order valence-corrected chi connectivity index (χ4v) is 8.81. The number of unbranched alkanes of at least 4 members (excludes halogenated alkanes) is 28. The molecule has 0 bridgehead atoms. The van der Waals surface area contributed by atoms with Crippen LogP contribution in [0.2, 0.25) is 0 Å². The first-order chi connectivity index (χ1) is 37.5. The lowest BCUT2D eigenvalue weighted by Crippen LogP contribution is -2.30. The van der Waals surface area contributed by atoms with E-state index in [-0.39, 0.29) is 31.1 Å². The molecule has 0 rings (SSSR count). The van der Waals surface area contributed by atoms with Crippen molar-refractivity contribution in [2.45, 2.75) is 303 Å². The van der Waals surface area contributed by atoms with Crippen molar-refractivity contribution in [3.8, 4) is 0 Å². The summed E-state index contributed by atoms with van der Waals surface area (Å²) in [6.45, 7) is 6.38. The summed E-state index contributed by atoms with van der Waals surface area (Å²) < 4.78 is 16.8. The molecule has 0 aromatic rings. The summed E-state index contributed by atoms with van der Waals surface area (Å²) in [5, 5.41) is 0. The summed E-state index contributed by atoms with van der Waals surface area (Å²) in [4.78, 5) is 38.1. The summed E-state index contributed by atoms with van der Waals surface area (Å²) in [5.74, 6) is -0.911. The first-order valence-corrected chi connectivity index (χ1v) is 31.9. The van der Waals surface area contributed by atoms with E-state index in [1.807, 2.05) is 0 Å². The number of hydrogen-bond donors (Lipinski definition) is 0. The number of ether oxygens (including phenoxy) is 3. The Hall–Kier alpha value is -3.93. The maximum absolute atomic E-state index is 12.8. The van der Waals surface area contributed by atoms with Gasteiger partial charge in [0.05, 0.1) is 0 Å². The molecule has 0 aromatic carbocycles. The zero-order valence-corrected chi connectivity index (χ0v) is 49.7. The Morgan fingerprint density at radius 3 is 0.816 bits per heavy atom. The van der Waals surface area contributed by atoms with Gasteiger partial charge in [0.25, 0.3) is 0 Å². The van der Waals surface area contributed by atoms with Crippen LogP contribution in [-0.4, -0.2) is 37.2 Å². The van der Waals surface area contributed by atoms with Gasteiger partial charge in [-0.05, 0) is 103 Å². The molecule has 0 heterocycles. The molecule has 0 aliphatic rings. The van der Waals surface area contributed by atoms with Crippen LogP contribution >= 0.6 is 0 Å². The molecule has 6 nitrogen and oxygen atoms in total. The molecule has 0 aliphatic heterocycles. The van der Waals surface area contributed by atoms with E-state index < -0.39 is 6.10 Å². The normalized spacial score (nSPS) is 12.8. The second-order valence-corrected chi connectivity index (χ2v) is 20.9. The largest absolute Gasteiger partial charge is 0.462 e. The Kier molecular flexibility index (Phi) is 60.3. The molecule has 0 radical (unpaired) electrons. The second kappa shape index (κ2) is 63.6. The quantitative estimate of drug-likeness (QED) is 0.0261. The minimum absolute atomic E-state index is 0.0863. The zero-order chi connectivity index (χ0) is 55.0. The van der Waals surface area contributed by atoms with Crippen LogP contribution in [0.1, 0.15) is 297 Å². The van der Waals surface area contributed by atoms with E-state index in [1.165, 1.54) is 135 Å². The van der Waals surface area contributed by atoms with Crippen LogP contribution in [0, 0.1) is 0 Å². The van der Waals surface area contributed by atoms with E-state index in [9.17, 15) is 14.4 Å². The molecule has 0 spiro atoms. The van der Waals surface area contributed by atoms with Crippen molar-refractivity contribution in [3.63, 3.8) is 0 Å². The standard InChI is InChI=1S/C70H118O6/c1-4-7-10-13-16-19-22-24-25-26-27-28-29-30-31-32-33-34-35-36-37-38-39-40-41-42-43-44-45-47-48-51-54-57-60-63-69(72)75-66-67(65-74-68(71)62-59-56-53-50-21-18-15-12-9-6-3)76-70(73)64-61-58-55-52-49-46-23-20-17-14-11-8-5-2/h7-8,10-11,16-17,19-20,24-25,27-28,30-31,33-34,46,49,67H,4-6,9,12-15,18,21-23,26,29,32,35-45,47-48,50-66H2,1-3H3/b10-7-,11-8-,19-16-,20-17-,25-24-,28-27-,31-30-,34-33-,49-46-. The van der Waals surface area contributed by atoms with Crippen LogP contribution in [0.25, 0.3) is 0 Å². The molecule has 1 unspecified atom stereocenters. The van der Waals surface area contributed by atoms with Gasteiger partial charge in [0.2, 0.25) is 0 Å². The first-order valence-electron chi connectivity index (χ1n) is 31.9. The zero-order valence-electron chi connectivity index (χ0n) is 49.7. The van der Waals surface area contributed by atoms with Gasteiger partial charge in [0.15, 0.2) is 6.10 Å². The van der Waals surface area contributed by atoms with Gasteiger partial charge in [0, 0.05) is 19.3 Å². The number of hydrogen-bond acceptors (Lipinski definition) is 6. The van der Waals surface area contributed by atoms with Crippen LogP contribution in [0.15, 0.2) is 109 Å². The highest BCUT2D eigenvalue weighted by Gasteiger charge is 2.19. The van der Waals surface area contributed by atoms with E-state index in [0.29, 0.717) is 19.3 Å². The second-order valence-electron chi connectivity index (χ2n) is 20.9. The Bertz CT molecular complexity index is 1540. The van der Waals surface area contributed by atoms with Crippen molar-refractivity contribution in [1.82, 2.24) is 0 Å². The molecule has 76 heavy (non-hydrogen) atoms. The van der Waals surface area contributed by atoms with Gasteiger partial charge < -0.3 is 14.2 Å². The lowest BCUT2D eigenvalue weighted by atomic mass is 10.0. The van der Waals surface area contributed by atoms with E-state index in [4.69, 9.17) is 14.2 Å². The molecule has 0 N–H and O–H groups in total. The average Bonchev–Trinajstić information content (AvgIpc) is 3.42. The fourth-order valence-electron chi connectivity index (χ4n) is 8.81. The van der Waals surface area contributed by atoms with Gasteiger partial charge in [-0.2, -0.15) is 0 Å². The van der Waals surface area contributed by atoms with Crippen LogP contribution in [-0.2, 0) is 28.6 Å².